The standard InChI is InChI=1S/C24H30N4O3S/c1-3-28(4-2)32(30,31)19-11-12-23(27-13-7-8-14-27)22(16-19)26-24(29)15-18-17-25-21-10-6-5-9-20(18)21/h5-6,9-12,16-17,25H,3-4,7-8,13-15H2,1-2H3,(H,26,29). The molecule has 0 atom stereocenters. The fourth-order valence-corrected chi connectivity index (χ4v) is 5.85. The molecule has 0 unspecified atom stereocenters. The number of rotatable bonds is 8. The van der Waals surface area contributed by atoms with Gasteiger partial charge in [0, 0.05) is 43.3 Å². The van der Waals surface area contributed by atoms with E-state index in [1.807, 2.05) is 50.4 Å². The van der Waals surface area contributed by atoms with E-state index in [9.17, 15) is 13.2 Å². The van der Waals surface area contributed by atoms with E-state index in [0.717, 1.165) is 48.1 Å². The number of aromatic nitrogens is 1. The van der Waals surface area contributed by atoms with Crippen molar-refractivity contribution in [1.29, 1.82) is 0 Å². The lowest BCUT2D eigenvalue weighted by molar-refractivity contribution is -0.115. The number of amides is 1. The molecule has 0 radical (unpaired) electrons. The van der Waals surface area contributed by atoms with Gasteiger partial charge in [0.05, 0.1) is 22.7 Å². The highest BCUT2D eigenvalue weighted by molar-refractivity contribution is 7.89. The summed E-state index contributed by atoms with van der Waals surface area (Å²) in [6.45, 7) is 6.23. The summed E-state index contributed by atoms with van der Waals surface area (Å²) in [6.07, 6.45) is 4.23. The Hall–Kier alpha value is -2.84. The number of aromatic amines is 1. The third-order valence-corrected chi connectivity index (χ3v) is 8.10. The van der Waals surface area contributed by atoms with Crippen LogP contribution in [0.3, 0.4) is 0 Å². The third-order valence-electron chi connectivity index (χ3n) is 6.06. The van der Waals surface area contributed by atoms with Gasteiger partial charge in [0.15, 0.2) is 0 Å². The van der Waals surface area contributed by atoms with Crippen LogP contribution in [0.25, 0.3) is 10.9 Å². The number of para-hydroxylation sites is 1. The minimum absolute atomic E-state index is 0.174. The second kappa shape index (κ2) is 9.34. The number of hydrogen-bond acceptors (Lipinski definition) is 4. The molecule has 1 fully saturated rings. The van der Waals surface area contributed by atoms with Gasteiger partial charge in [0.2, 0.25) is 15.9 Å². The molecular formula is C24H30N4O3S. The quantitative estimate of drug-likeness (QED) is 0.539. The van der Waals surface area contributed by atoms with Gasteiger partial charge < -0.3 is 15.2 Å². The first-order chi connectivity index (χ1) is 15.4. The normalized spacial score (nSPS) is 14.4. The summed E-state index contributed by atoms with van der Waals surface area (Å²) in [5.74, 6) is -0.174. The topological polar surface area (TPSA) is 85.5 Å². The molecule has 0 aliphatic carbocycles. The van der Waals surface area contributed by atoms with Gasteiger partial charge in [-0.3, -0.25) is 4.79 Å². The van der Waals surface area contributed by atoms with Crippen molar-refractivity contribution in [3.05, 3.63) is 54.2 Å². The largest absolute Gasteiger partial charge is 0.370 e. The fraction of sp³-hybridized carbons (Fsp3) is 0.375. The van der Waals surface area contributed by atoms with Gasteiger partial charge in [-0.1, -0.05) is 32.0 Å². The SMILES string of the molecule is CCN(CC)S(=O)(=O)c1ccc(N2CCCC2)c(NC(=O)Cc2c[nH]c3ccccc23)c1. The van der Waals surface area contributed by atoms with Crippen LogP contribution in [0, 0.1) is 0 Å². The van der Waals surface area contributed by atoms with Gasteiger partial charge in [-0.05, 0) is 42.7 Å². The lowest BCUT2D eigenvalue weighted by Gasteiger charge is -2.24. The van der Waals surface area contributed by atoms with E-state index in [4.69, 9.17) is 0 Å². The van der Waals surface area contributed by atoms with Gasteiger partial charge in [0.1, 0.15) is 0 Å². The lowest BCUT2D eigenvalue weighted by Crippen LogP contribution is -2.31. The Bertz CT molecular complexity index is 1210. The van der Waals surface area contributed by atoms with Crippen molar-refractivity contribution < 1.29 is 13.2 Å². The van der Waals surface area contributed by atoms with Crippen LogP contribution < -0.4 is 10.2 Å². The van der Waals surface area contributed by atoms with Gasteiger partial charge in [0.25, 0.3) is 0 Å². The zero-order valence-electron chi connectivity index (χ0n) is 18.6. The van der Waals surface area contributed by atoms with Crippen molar-refractivity contribution in [3.63, 3.8) is 0 Å². The van der Waals surface area contributed by atoms with Crippen LogP contribution in [0.1, 0.15) is 32.3 Å². The Labute approximate surface area is 189 Å². The molecule has 170 valence electrons. The highest BCUT2D eigenvalue weighted by atomic mass is 32.2. The van der Waals surface area contributed by atoms with E-state index in [0.29, 0.717) is 18.8 Å². The second-order valence-corrected chi connectivity index (χ2v) is 9.98. The summed E-state index contributed by atoms with van der Waals surface area (Å²) in [5, 5.41) is 4.01. The summed E-state index contributed by atoms with van der Waals surface area (Å²) < 4.78 is 27.6. The molecule has 1 amide bonds. The Balaban J connectivity index is 1.64. The molecule has 0 saturated carbocycles. The number of carbonyl (C=O) groups is 1. The van der Waals surface area contributed by atoms with E-state index in [2.05, 4.69) is 15.2 Å². The molecule has 0 spiro atoms. The number of hydrogen-bond donors (Lipinski definition) is 2. The van der Waals surface area contributed by atoms with Gasteiger partial charge in [-0.25, -0.2) is 8.42 Å². The Morgan fingerprint density at radius 1 is 1.09 bits per heavy atom. The van der Waals surface area contributed by atoms with Crippen LogP contribution >= 0.6 is 0 Å². The van der Waals surface area contributed by atoms with Crippen molar-refractivity contribution in [2.24, 2.45) is 0 Å². The van der Waals surface area contributed by atoms with Crippen LogP contribution in [-0.4, -0.2) is 49.8 Å². The number of nitrogens with zero attached hydrogens (tertiary/aromatic N) is 2. The van der Waals surface area contributed by atoms with E-state index < -0.39 is 10.0 Å². The Kier molecular flexibility index (Phi) is 6.53. The first kappa shape index (κ1) is 22.4. The smallest absolute Gasteiger partial charge is 0.243 e. The monoisotopic (exact) mass is 454 g/mol. The van der Waals surface area contributed by atoms with Crippen LogP contribution in [-0.2, 0) is 21.2 Å². The molecule has 32 heavy (non-hydrogen) atoms. The molecule has 2 heterocycles. The van der Waals surface area contributed by atoms with Gasteiger partial charge >= 0.3 is 0 Å². The number of H-pyrrole nitrogens is 1. The first-order valence-electron chi connectivity index (χ1n) is 11.2. The van der Waals surface area contributed by atoms with E-state index in [1.165, 1.54) is 4.31 Å². The number of benzene rings is 2. The van der Waals surface area contributed by atoms with Crippen molar-refractivity contribution in [3.8, 4) is 0 Å². The molecule has 2 aromatic carbocycles. The molecule has 1 saturated heterocycles. The van der Waals surface area contributed by atoms with Crippen molar-refractivity contribution in [1.82, 2.24) is 9.29 Å². The summed E-state index contributed by atoms with van der Waals surface area (Å²) in [5.41, 5.74) is 3.31. The molecule has 2 N–H and O–H groups in total. The summed E-state index contributed by atoms with van der Waals surface area (Å²) >= 11 is 0. The number of fused-ring (bicyclic) bond motifs is 1. The Morgan fingerprint density at radius 3 is 2.53 bits per heavy atom. The summed E-state index contributed by atoms with van der Waals surface area (Å²) in [7, 11) is -3.62. The average Bonchev–Trinajstić information content (AvgIpc) is 3.45. The molecule has 7 nitrogen and oxygen atoms in total. The third kappa shape index (κ3) is 4.38. The van der Waals surface area contributed by atoms with E-state index in [1.54, 1.807) is 12.1 Å². The molecule has 0 bridgehead atoms. The van der Waals surface area contributed by atoms with Gasteiger partial charge in [-0.2, -0.15) is 4.31 Å². The maximum Gasteiger partial charge on any atom is 0.243 e. The maximum atomic E-state index is 13.1. The average molecular weight is 455 g/mol. The summed E-state index contributed by atoms with van der Waals surface area (Å²) in [6, 6.07) is 12.9. The predicted octanol–water partition coefficient (Wildman–Crippen LogP) is 3.98. The fourth-order valence-electron chi connectivity index (χ4n) is 4.37. The highest BCUT2D eigenvalue weighted by Gasteiger charge is 2.25. The molecule has 4 rings (SSSR count). The predicted molar refractivity (Wildman–Crippen MR) is 129 cm³/mol. The molecular weight excluding hydrogens is 424 g/mol. The molecule has 1 aromatic heterocycles. The van der Waals surface area contributed by atoms with Crippen LogP contribution in [0.5, 0.6) is 0 Å². The van der Waals surface area contributed by atoms with Crippen molar-refractivity contribution in [2.45, 2.75) is 38.0 Å². The summed E-state index contributed by atoms with van der Waals surface area (Å²) in [4.78, 5) is 18.6. The number of anilines is 2. The van der Waals surface area contributed by atoms with Crippen LogP contribution in [0.4, 0.5) is 11.4 Å². The van der Waals surface area contributed by atoms with Gasteiger partial charge in [-0.15, -0.1) is 0 Å². The molecule has 1 aliphatic heterocycles. The lowest BCUT2D eigenvalue weighted by atomic mass is 10.1. The zero-order valence-corrected chi connectivity index (χ0v) is 19.4. The van der Waals surface area contributed by atoms with Crippen LogP contribution in [0.2, 0.25) is 0 Å². The van der Waals surface area contributed by atoms with Crippen molar-refractivity contribution in [2.75, 3.05) is 36.4 Å². The minimum Gasteiger partial charge on any atom is -0.370 e. The number of sulfonamides is 1. The van der Waals surface area contributed by atoms with E-state index in [-0.39, 0.29) is 17.2 Å². The van der Waals surface area contributed by atoms with E-state index >= 15 is 0 Å². The highest BCUT2D eigenvalue weighted by Crippen LogP contribution is 2.32. The maximum absolute atomic E-state index is 13.1. The minimum atomic E-state index is -3.62. The number of nitrogens with one attached hydrogen (secondary N) is 2. The Morgan fingerprint density at radius 2 is 1.81 bits per heavy atom. The molecule has 1 aliphatic rings. The molecule has 3 aromatic rings. The zero-order chi connectivity index (χ0) is 22.7. The van der Waals surface area contributed by atoms with Crippen LogP contribution in [0.15, 0.2) is 53.6 Å². The molecule has 8 heteroatoms. The number of carbonyl (C=O) groups excluding carboxylic acids is 1. The first-order valence-corrected chi connectivity index (χ1v) is 12.6. The second-order valence-electron chi connectivity index (χ2n) is 8.05. The van der Waals surface area contributed by atoms with Crippen molar-refractivity contribution >= 4 is 38.2 Å².